The van der Waals surface area contributed by atoms with E-state index in [4.69, 9.17) is 0 Å². The van der Waals surface area contributed by atoms with Crippen molar-refractivity contribution in [1.82, 2.24) is 19.7 Å². The maximum Gasteiger partial charge on any atom is 0.235 e. The molecule has 34 heavy (non-hydrogen) atoms. The molecule has 3 aromatic heterocycles. The van der Waals surface area contributed by atoms with Gasteiger partial charge in [0.1, 0.15) is 11.1 Å². The van der Waals surface area contributed by atoms with Gasteiger partial charge in [0.15, 0.2) is 11.0 Å². The van der Waals surface area contributed by atoms with Crippen molar-refractivity contribution in [2.45, 2.75) is 38.3 Å². The predicted molar refractivity (Wildman–Crippen MR) is 134 cm³/mol. The van der Waals surface area contributed by atoms with Crippen molar-refractivity contribution >= 4 is 34.0 Å². The van der Waals surface area contributed by atoms with E-state index in [1.165, 1.54) is 33.5 Å². The van der Waals surface area contributed by atoms with Crippen molar-refractivity contribution in [3.05, 3.63) is 69.9 Å². The van der Waals surface area contributed by atoms with E-state index in [1.807, 2.05) is 22.8 Å². The summed E-state index contributed by atoms with van der Waals surface area (Å²) in [7, 11) is 0. The van der Waals surface area contributed by atoms with Crippen LogP contribution in [0.1, 0.15) is 33.6 Å². The molecule has 0 aliphatic heterocycles. The summed E-state index contributed by atoms with van der Waals surface area (Å²) in [5.41, 5.74) is 5.78. The molecular weight excluding hydrogens is 464 g/mol. The number of nitrogens with zero attached hydrogens (tertiary/aromatic N) is 5. The predicted octanol–water partition coefficient (Wildman–Crippen LogP) is 5.10. The van der Waals surface area contributed by atoms with E-state index in [0.717, 1.165) is 41.6 Å². The summed E-state index contributed by atoms with van der Waals surface area (Å²) in [5.74, 6) is 0.660. The number of thiophene rings is 1. The molecule has 0 saturated carbocycles. The van der Waals surface area contributed by atoms with Crippen LogP contribution < -0.4 is 5.32 Å². The number of pyridine rings is 1. The minimum Gasteiger partial charge on any atom is -0.316 e. The maximum absolute atomic E-state index is 12.8. The normalized spacial score (nSPS) is 12.4. The van der Waals surface area contributed by atoms with E-state index >= 15 is 0 Å². The molecule has 0 bridgehead atoms. The first-order valence-corrected chi connectivity index (χ1v) is 12.8. The summed E-state index contributed by atoms with van der Waals surface area (Å²) in [6.07, 6.45) is 6.44. The average Bonchev–Trinajstić information content (AvgIpc) is 3.53. The number of aromatic nitrogens is 4. The lowest BCUT2D eigenvalue weighted by Gasteiger charge is -2.13. The zero-order valence-corrected chi connectivity index (χ0v) is 20.5. The van der Waals surface area contributed by atoms with Gasteiger partial charge in [-0.3, -0.25) is 14.3 Å². The number of carbonyl (C=O) groups is 1. The summed E-state index contributed by atoms with van der Waals surface area (Å²) < 4.78 is 1.98. The molecule has 1 aromatic carbocycles. The Bertz CT molecular complexity index is 1420. The van der Waals surface area contributed by atoms with E-state index in [9.17, 15) is 10.1 Å². The SMILES string of the molecule is Cc1ccc(-n2c(SCC(=O)Nc3sc4c(c3C#N)CCC4)nnc2-c2cccnc2)c(C)c1. The Balaban J connectivity index is 1.42. The van der Waals surface area contributed by atoms with Gasteiger partial charge < -0.3 is 5.32 Å². The number of fused-ring (bicyclic) bond motifs is 1. The van der Waals surface area contributed by atoms with Gasteiger partial charge in [0.2, 0.25) is 5.91 Å². The Morgan fingerprint density at radius 1 is 1.26 bits per heavy atom. The molecule has 4 aromatic rings. The Morgan fingerprint density at radius 3 is 2.91 bits per heavy atom. The number of benzene rings is 1. The highest BCUT2D eigenvalue weighted by atomic mass is 32.2. The fourth-order valence-corrected chi connectivity index (χ4v) is 6.22. The van der Waals surface area contributed by atoms with E-state index in [2.05, 4.69) is 52.5 Å². The van der Waals surface area contributed by atoms with Gasteiger partial charge in [-0.25, -0.2) is 0 Å². The number of amides is 1. The van der Waals surface area contributed by atoms with Gasteiger partial charge >= 0.3 is 0 Å². The molecule has 1 aliphatic carbocycles. The van der Waals surface area contributed by atoms with Crippen LogP contribution in [0.15, 0.2) is 47.9 Å². The molecule has 0 saturated heterocycles. The third kappa shape index (κ3) is 4.22. The number of rotatable bonds is 6. The molecule has 1 aliphatic rings. The third-order valence-corrected chi connectivity index (χ3v) is 7.90. The van der Waals surface area contributed by atoms with Gasteiger partial charge in [-0.05, 0) is 62.4 Å². The number of anilines is 1. The van der Waals surface area contributed by atoms with Crippen molar-refractivity contribution < 1.29 is 4.79 Å². The highest BCUT2D eigenvalue weighted by molar-refractivity contribution is 7.99. The second-order valence-electron chi connectivity index (χ2n) is 8.18. The number of nitriles is 1. The van der Waals surface area contributed by atoms with Gasteiger partial charge in [-0.1, -0.05) is 29.5 Å². The first-order valence-electron chi connectivity index (χ1n) is 11.0. The molecule has 0 fully saturated rings. The fourth-order valence-electron chi connectivity index (χ4n) is 4.22. The number of hydrogen-bond donors (Lipinski definition) is 1. The van der Waals surface area contributed by atoms with Crippen LogP contribution in [0, 0.1) is 25.2 Å². The van der Waals surface area contributed by atoms with Crippen LogP contribution >= 0.6 is 23.1 Å². The molecule has 0 spiro atoms. The van der Waals surface area contributed by atoms with Crippen LogP contribution in [0.25, 0.3) is 17.1 Å². The lowest BCUT2D eigenvalue weighted by molar-refractivity contribution is -0.113. The Morgan fingerprint density at radius 2 is 2.15 bits per heavy atom. The molecule has 3 heterocycles. The molecule has 5 rings (SSSR count). The van der Waals surface area contributed by atoms with Gasteiger partial charge in [0.05, 0.1) is 17.0 Å². The topological polar surface area (TPSA) is 96.5 Å². The van der Waals surface area contributed by atoms with Crippen LogP contribution in [0.5, 0.6) is 0 Å². The largest absolute Gasteiger partial charge is 0.316 e. The molecule has 1 amide bonds. The average molecular weight is 487 g/mol. The minimum atomic E-state index is -0.167. The van der Waals surface area contributed by atoms with Gasteiger partial charge in [-0.2, -0.15) is 5.26 Å². The standard InChI is InChI=1S/C25H22N6OS2/c1-15-8-9-20(16(2)11-15)31-23(17-5-4-10-27-13-17)29-30-25(31)33-14-22(32)28-24-19(12-26)18-6-3-7-21(18)34-24/h4-5,8-11,13H,3,6-7,14H2,1-2H3,(H,28,32). The molecule has 7 nitrogen and oxygen atoms in total. The summed E-state index contributed by atoms with van der Waals surface area (Å²) in [5, 5.41) is 22.6. The van der Waals surface area contributed by atoms with E-state index in [0.29, 0.717) is 21.5 Å². The summed E-state index contributed by atoms with van der Waals surface area (Å²) in [4.78, 5) is 18.3. The summed E-state index contributed by atoms with van der Waals surface area (Å²) in [6.45, 7) is 4.11. The van der Waals surface area contributed by atoms with E-state index in [-0.39, 0.29) is 11.7 Å². The second-order valence-corrected chi connectivity index (χ2v) is 10.2. The van der Waals surface area contributed by atoms with E-state index in [1.54, 1.807) is 12.4 Å². The Labute approximate surface area is 205 Å². The quantitative estimate of drug-likeness (QED) is 0.381. The second kappa shape index (κ2) is 9.41. The first kappa shape index (κ1) is 22.3. The molecule has 1 N–H and O–H groups in total. The van der Waals surface area contributed by atoms with Gasteiger partial charge in [-0.15, -0.1) is 21.5 Å². The van der Waals surface area contributed by atoms with Crippen LogP contribution in [0.4, 0.5) is 5.00 Å². The van der Waals surface area contributed by atoms with Crippen LogP contribution in [0.3, 0.4) is 0 Å². The number of hydrogen-bond acceptors (Lipinski definition) is 7. The molecule has 0 unspecified atom stereocenters. The van der Waals surface area contributed by atoms with Crippen molar-refractivity contribution in [1.29, 1.82) is 5.26 Å². The highest BCUT2D eigenvalue weighted by Gasteiger charge is 2.24. The molecule has 0 radical (unpaired) electrons. The smallest absolute Gasteiger partial charge is 0.235 e. The third-order valence-electron chi connectivity index (χ3n) is 5.76. The minimum absolute atomic E-state index is 0.156. The number of thioether (sulfide) groups is 1. The van der Waals surface area contributed by atoms with Crippen LogP contribution in [0.2, 0.25) is 0 Å². The zero-order valence-electron chi connectivity index (χ0n) is 18.8. The van der Waals surface area contributed by atoms with Crippen LogP contribution in [-0.4, -0.2) is 31.4 Å². The molecule has 0 atom stereocenters. The lowest BCUT2D eigenvalue weighted by Crippen LogP contribution is -2.14. The zero-order chi connectivity index (χ0) is 23.7. The number of aryl methyl sites for hydroxylation is 3. The number of nitrogens with one attached hydrogen (secondary N) is 1. The monoisotopic (exact) mass is 486 g/mol. The van der Waals surface area contributed by atoms with E-state index < -0.39 is 0 Å². The van der Waals surface area contributed by atoms with Crippen molar-refractivity contribution in [2.75, 3.05) is 11.1 Å². The fraction of sp³-hybridized carbons (Fsp3) is 0.240. The number of carbonyl (C=O) groups excluding carboxylic acids is 1. The summed E-state index contributed by atoms with van der Waals surface area (Å²) in [6, 6.07) is 12.3. The molecule has 9 heteroatoms. The van der Waals surface area contributed by atoms with Crippen molar-refractivity contribution in [3.63, 3.8) is 0 Å². The molecular formula is C25H22N6OS2. The van der Waals surface area contributed by atoms with Gasteiger partial charge in [0, 0.05) is 22.8 Å². The lowest BCUT2D eigenvalue weighted by atomic mass is 10.1. The van der Waals surface area contributed by atoms with Gasteiger partial charge in [0.25, 0.3) is 0 Å². The first-order chi connectivity index (χ1) is 16.5. The highest BCUT2D eigenvalue weighted by Crippen LogP contribution is 2.38. The Kier molecular flexibility index (Phi) is 6.18. The Hall–Kier alpha value is -3.48. The molecule has 170 valence electrons. The van der Waals surface area contributed by atoms with Crippen molar-refractivity contribution in [3.8, 4) is 23.1 Å². The van der Waals surface area contributed by atoms with Crippen LogP contribution in [-0.2, 0) is 17.6 Å². The summed E-state index contributed by atoms with van der Waals surface area (Å²) >= 11 is 2.84. The van der Waals surface area contributed by atoms with Crippen molar-refractivity contribution in [2.24, 2.45) is 0 Å². The maximum atomic E-state index is 12.8.